The average Bonchev–Trinajstić information content (AvgIpc) is 2.46. The maximum Gasteiger partial charge on any atom is 0.303 e. The number of hydrogen-bond acceptors (Lipinski definition) is 2. The van der Waals surface area contributed by atoms with E-state index in [0.717, 1.165) is 19.3 Å². The number of aryl methyl sites for hydroxylation is 1. The molecule has 1 aliphatic carbocycles. The summed E-state index contributed by atoms with van der Waals surface area (Å²) in [5, 5.41) is 8.86. The molecule has 1 saturated carbocycles. The van der Waals surface area contributed by atoms with Crippen molar-refractivity contribution in [2.75, 3.05) is 0 Å². The van der Waals surface area contributed by atoms with Crippen LogP contribution in [0.1, 0.15) is 56.6 Å². The number of aliphatic carboxylic acids is 1. The summed E-state index contributed by atoms with van der Waals surface area (Å²) in [7, 11) is 0. The Bertz CT molecular complexity index is 535. The van der Waals surface area contributed by atoms with Gasteiger partial charge in [-0.3, -0.25) is 9.59 Å². The van der Waals surface area contributed by atoms with Gasteiger partial charge in [0, 0.05) is 18.8 Å². The van der Waals surface area contributed by atoms with Crippen LogP contribution in [-0.4, -0.2) is 16.9 Å². The first-order chi connectivity index (χ1) is 9.97. The van der Waals surface area contributed by atoms with Crippen LogP contribution in [0.4, 0.5) is 0 Å². The highest BCUT2D eigenvalue weighted by Crippen LogP contribution is 2.44. The molecule has 0 amide bonds. The number of rotatable bonds is 5. The number of benzene rings is 1. The minimum atomic E-state index is -0.814. The van der Waals surface area contributed by atoms with E-state index in [1.165, 1.54) is 11.1 Å². The molecule has 114 valence electrons. The highest BCUT2D eigenvalue weighted by Gasteiger charge is 2.40. The Morgan fingerprint density at radius 3 is 2.81 bits per heavy atom. The molecule has 1 N–H and O–H groups in total. The molecule has 1 aromatic carbocycles. The molecule has 2 rings (SSSR count). The number of carboxylic acids is 1. The van der Waals surface area contributed by atoms with Gasteiger partial charge in [0.1, 0.15) is 5.78 Å². The summed E-state index contributed by atoms with van der Waals surface area (Å²) in [6.07, 6.45) is 3.81. The van der Waals surface area contributed by atoms with E-state index in [1.54, 1.807) is 0 Å². The van der Waals surface area contributed by atoms with Gasteiger partial charge in [0.15, 0.2) is 0 Å². The molecule has 1 aromatic rings. The van der Waals surface area contributed by atoms with Crippen molar-refractivity contribution in [3.05, 3.63) is 35.4 Å². The van der Waals surface area contributed by atoms with E-state index in [4.69, 9.17) is 5.11 Å². The van der Waals surface area contributed by atoms with E-state index < -0.39 is 5.97 Å². The normalized spacial score (nSPS) is 25.8. The Morgan fingerprint density at radius 2 is 2.19 bits per heavy atom. The lowest BCUT2D eigenvalue weighted by Gasteiger charge is -2.40. The van der Waals surface area contributed by atoms with Crippen molar-refractivity contribution >= 4 is 11.8 Å². The van der Waals surface area contributed by atoms with Crippen molar-refractivity contribution in [2.24, 2.45) is 5.92 Å². The largest absolute Gasteiger partial charge is 0.481 e. The lowest BCUT2D eigenvalue weighted by molar-refractivity contribution is -0.137. The van der Waals surface area contributed by atoms with Gasteiger partial charge in [-0.2, -0.15) is 0 Å². The molecule has 1 fully saturated rings. The second-order valence-corrected chi connectivity index (χ2v) is 6.30. The third-order valence-corrected chi connectivity index (χ3v) is 4.96. The first-order valence-electron chi connectivity index (χ1n) is 7.78. The smallest absolute Gasteiger partial charge is 0.303 e. The van der Waals surface area contributed by atoms with Gasteiger partial charge in [0.2, 0.25) is 0 Å². The molecule has 0 saturated heterocycles. The highest BCUT2D eigenvalue weighted by atomic mass is 16.4. The van der Waals surface area contributed by atoms with Gasteiger partial charge in [0.25, 0.3) is 0 Å². The second kappa shape index (κ2) is 6.42. The predicted molar refractivity (Wildman–Crippen MR) is 82.4 cm³/mol. The van der Waals surface area contributed by atoms with Gasteiger partial charge in [-0.05, 0) is 43.6 Å². The standard InChI is InChI=1S/C18H24O3/c1-3-18(15-6-4-5-13(2)11-15)10-9-16(19)14(12-18)7-8-17(20)21/h4-6,11,14H,3,7-10,12H2,1-2H3,(H,20,21). The minimum Gasteiger partial charge on any atom is -0.481 e. The Kier molecular flexibility index (Phi) is 4.81. The predicted octanol–water partition coefficient (Wildman–Crippen LogP) is 3.88. The van der Waals surface area contributed by atoms with Crippen LogP contribution < -0.4 is 0 Å². The summed E-state index contributed by atoms with van der Waals surface area (Å²) in [4.78, 5) is 22.9. The summed E-state index contributed by atoms with van der Waals surface area (Å²) in [6.45, 7) is 4.26. The molecule has 3 heteroatoms. The monoisotopic (exact) mass is 288 g/mol. The third-order valence-electron chi connectivity index (χ3n) is 4.96. The van der Waals surface area contributed by atoms with E-state index in [0.29, 0.717) is 12.8 Å². The fraction of sp³-hybridized carbons (Fsp3) is 0.556. The van der Waals surface area contributed by atoms with Gasteiger partial charge in [0.05, 0.1) is 0 Å². The first kappa shape index (κ1) is 15.7. The Hall–Kier alpha value is -1.64. The van der Waals surface area contributed by atoms with E-state index >= 15 is 0 Å². The molecule has 2 atom stereocenters. The van der Waals surface area contributed by atoms with Crippen LogP contribution >= 0.6 is 0 Å². The van der Waals surface area contributed by atoms with Crippen LogP contribution in [0.2, 0.25) is 0 Å². The molecule has 1 aliphatic rings. The van der Waals surface area contributed by atoms with Gasteiger partial charge >= 0.3 is 5.97 Å². The summed E-state index contributed by atoms with van der Waals surface area (Å²) in [6, 6.07) is 8.53. The van der Waals surface area contributed by atoms with Crippen molar-refractivity contribution in [1.82, 2.24) is 0 Å². The third kappa shape index (κ3) is 3.52. The molecular formula is C18H24O3. The SMILES string of the molecule is CCC1(c2cccc(C)c2)CCC(=O)C(CCC(=O)O)C1. The summed E-state index contributed by atoms with van der Waals surface area (Å²) < 4.78 is 0. The van der Waals surface area contributed by atoms with Crippen LogP contribution in [0.15, 0.2) is 24.3 Å². The maximum atomic E-state index is 12.1. The zero-order chi connectivity index (χ0) is 15.5. The van der Waals surface area contributed by atoms with Crippen molar-refractivity contribution < 1.29 is 14.7 Å². The fourth-order valence-corrected chi connectivity index (χ4v) is 3.58. The molecule has 0 aliphatic heterocycles. The van der Waals surface area contributed by atoms with Crippen molar-refractivity contribution in [1.29, 1.82) is 0 Å². The van der Waals surface area contributed by atoms with Gasteiger partial charge in [-0.15, -0.1) is 0 Å². The Morgan fingerprint density at radius 1 is 1.43 bits per heavy atom. The topological polar surface area (TPSA) is 54.4 Å². The van der Waals surface area contributed by atoms with E-state index in [-0.39, 0.29) is 23.5 Å². The molecular weight excluding hydrogens is 264 g/mol. The number of ketones is 1. The summed E-state index contributed by atoms with van der Waals surface area (Å²) in [5.41, 5.74) is 2.57. The number of carboxylic acid groups (broad SMARTS) is 1. The van der Waals surface area contributed by atoms with Crippen molar-refractivity contribution in [2.45, 2.75) is 57.8 Å². The number of Topliss-reactive ketones (excluding diaryl/α,β-unsaturated/α-hetero) is 1. The van der Waals surface area contributed by atoms with E-state index in [9.17, 15) is 9.59 Å². The molecule has 2 unspecified atom stereocenters. The van der Waals surface area contributed by atoms with Gasteiger partial charge < -0.3 is 5.11 Å². The Balaban J connectivity index is 2.23. The van der Waals surface area contributed by atoms with Gasteiger partial charge in [-0.1, -0.05) is 36.8 Å². The van der Waals surface area contributed by atoms with Crippen LogP contribution in [-0.2, 0) is 15.0 Å². The number of carbonyl (C=O) groups excluding carboxylic acids is 1. The quantitative estimate of drug-likeness (QED) is 0.894. The lowest BCUT2D eigenvalue weighted by atomic mass is 9.63. The first-order valence-corrected chi connectivity index (χ1v) is 7.78. The van der Waals surface area contributed by atoms with Crippen LogP contribution in [0.3, 0.4) is 0 Å². The molecule has 0 aromatic heterocycles. The summed E-state index contributed by atoms with van der Waals surface area (Å²) in [5.74, 6) is -0.672. The fourth-order valence-electron chi connectivity index (χ4n) is 3.58. The molecule has 3 nitrogen and oxygen atoms in total. The number of carbonyl (C=O) groups is 2. The van der Waals surface area contributed by atoms with Gasteiger partial charge in [-0.25, -0.2) is 0 Å². The highest BCUT2D eigenvalue weighted by molar-refractivity contribution is 5.83. The maximum absolute atomic E-state index is 12.1. The molecule has 0 spiro atoms. The van der Waals surface area contributed by atoms with E-state index in [1.807, 2.05) is 0 Å². The van der Waals surface area contributed by atoms with Crippen LogP contribution in [0.25, 0.3) is 0 Å². The van der Waals surface area contributed by atoms with Crippen molar-refractivity contribution in [3.8, 4) is 0 Å². The molecule has 0 bridgehead atoms. The van der Waals surface area contributed by atoms with Crippen LogP contribution in [0.5, 0.6) is 0 Å². The van der Waals surface area contributed by atoms with E-state index in [2.05, 4.69) is 38.1 Å². The van der Waals surface area contributed by atoms with Crippen molar-refractivity contribution in [3.63, 3.8) is 0 Å². The minimum absolute atomic E-state index is 0.0309. The second-order valence-electron chi connectivity index (χ2n) is 6.30. The average molecular weight is 288 g/mol. The van der Waals surface area contributed by atoms with Crippen LogP contribution in [0, 0.1) is 12.8 Å². The molecule has 21 heavy (non-hydrogen) atoms. The summed E-state index contributed by atoms with van der Waals surface area (Å²) >= 11 is 0. The zero-order valence-corrected chi connectivity index (χ0v) is 12.9. The lowest BCUT2D eigenvalue weighted by Crippen LogP contribution is -2.37. The number of hydrogen-bond donors (Lipinski definition) is 1. The Labute approximate surface area is 126 Å². The zero-order valence-electron chi connectivity index (χ0n) is 12.9. The molecule has 0 heterocycles. The molecule has 0 radical (unpaired) electrons.